The van der Waals surface area contributed by atoms with E-state index in [0.717, 1.165) is 7.05 Å². The van der Waals surface area contributed by atoms with Gasteiger partial charge in [0.2, 0.25) is 15.9 Å². The molecule has 0 aliphatic rings. The van der Waals surface area contributed by atoms with Gasteiger partial charge in [-0.3, -0.25) is 4.79 Å². The van der Waals surface area contributed by atoms with Crippen molar-refractivity contribution in [2.75, 3.05) is 31.8 Å². The van der Waals surface area contributed by atoms with E-state index in [1.165, 1.54) is 0 Å². The van der Waals surface area contributed by atoms with Gasteiger partial charge in [0.25, 0.3) is 0 Å². The molecule has 5 nitrogen and oxygen atoms in total. The molecule has 0 aromatic carbocycles. The van der Waals surface area contributed by atoms with Crippen LogP contribution in [0.15, 0.2) is 0 Å². The normalized spacial score (nSPS) is 14.5. The predicted molar refractivity (Wildman–Crippen MR) is 65.4 cm³/mol. The first-order valence-electron chi connectivity index (χ1n) is 5.31. The molecular formula is C9H16ClF3N2O3S. The van der Waals surface area contributed by atoms with Crippen molar-refractivity contribution < 1.29 is 26.4 Å². The highest BCUT2D eigenvalue weighted by Crippen LogP contribution is 2.12. The van der Waals surface area contributed by atoms with E-state index in [9.17, 15) is 26.4 Å². The molecule has 0 spiro atoms. The lowest BCUT2D eigenvalue weighted by Crippen LogP contribution is -2.42. The summed E-state index contributed by atoms with van der Waals surface area (Å²) in [6, 6.07) is 0. The Balaban J connectivity index is 4.36. The molecule has 0 aromatic rings. The van der Waals surface area contributed by atoms with E-state index in [1.807, 2.05) is 0 Å². The van der Waals surface area contributed by atoms with Gasteiger partial charge in [-0.1, -0.05) is 6.92 Å². The van der Waals surface area contributed by atoms with Gasteiger partial charge in [-0.15, -0.1) is 11.6 Å². The summed E-state index contributed by atoms with van der Waals surface area (Å²) in [5.74, 6) is -1.46. The third kappa shape index (κ3) is 8.27. The van der Waals surface area contributed by atoms with Crippen molar-refractivity contribution in [3.05, 3.63) is 0 Å². The maximum atomic E-state index is 11.8. The average molecular weight is 325 g/mol. The highest BCUT2D eigenvalue weighted by Gasteiger charge is 2.29. The number of alkyl halides is 4. The summed E-state index contributed by atoms with van der Waals surface area (Å²) in [6.45, 7) is -0.534. The van der Waals surface area contributed by atoms with E-state index in [-0.39, 0.29) is 17.6 Å². The quantitative estimate of drug-likeness (QED) is 0.705. The number of nitrogens with one attached hydrogen (secondary N) is 1. The first kappa shape index (κ1) is 18.5. The molecule has 0 heterocycles. The molecule has 0 aliphatic heterocycles. The highest BCUT2D eigenvalue weighted by atomic mass is 35.5. The summed E-state index contributed by atoms with van der Waals surface area (Å²) in [6.07, 6.45) is -4.53. The van der Waals surface area contributed by atoms with Crippen LogP contribution in [-0.2, 0) is 14.8 Å². The van der Waals surface area contributed by atoms with Crippen LogP contribution in [0.5, 0.6) is 0 Å². The van der Waals surface area contributed by atoms with E-state index < -0.39 is 35.2 Å². The fourth-order valence-electron chi connectivity index (χ4n) is 1.09. The van der Waals surface area contributed by atoms with E-state index in [1.54, 1.807) is 12.2 Å². The van der Waals surface area contributed by atoms with E-state index in [0.29, 0.717) is 4.31 Å². The Morgan fingerprint density at radius 3 is 2.37 bits per heavy atom. The van der Waals surface area contributed by atoms with Gasteiger partial charge in [-0.2, -0.15) is 17.5 Å². The van der Waals surface area contributed by atoms with Crippen molar-refractivity contribution in [3.8, 4) is 0 Å². The fourth-order valence-corrected chi connectivity index (χ4v) is 2.73. The number of halogens is 4. The lowest BCUT2D eigenvalue weighted by molar-refractivity contribution is -0.138. The van der Waals surface area contributed by atoms with Crippen LogP contribution in [0.25, 0.3) is 0 Å². The zero-order valence-corrected chi connectivity index (χ0v) is 12.1. The third-order valence-corrected chi connectivity index (χ3v) is 4.68. The number of carbonyl (C=O) groups excluding carboxylic acids is 1. The Morgan fingerprint density at radius 1 is 1.42 bits per heavy atom. The first-order valence-corrected chi connectivity index (χ1v) is 7.45. The topological polar surface area (TPSA) is 66.5 Å². The Hall–Kier alpha value is -0.540. The molecule has 1 N–H and O–H groups in total. The first-order chi connectivity index (χ1) is 8.48. The van der Waals surface area contributed by atoms with Crippen molar-refractivity contribution in [1.29, 1.82) is 0 Å². The summed E-state index contributed by atoms with van der Waals surface area (Å²) in [7, 11) is -2.59. The van der Waals surface area contributed by atoms with Crippen LogP contribution in [0.1, 0.15) is 6.92 Å². The van der Waals surface area contributed by atoms with Crippen LogP contribution >= 0.6 is 11.6 Å². The Kier molecular flexibility index (Phi) is 7.09. The number of hydrogen-bond donors (Lipinski definition) is 1. The monoisotopic (exact) mass is 324 g/mol. The molecule has 1 amide bonds. The molecule has 19 heavy (non-hydrogen) atoms. The second-order valence-corrected chi connectivity index (χ2v) is 6.62. The summed E-state index contributed by atoms with van der Waals surface area (Å²) in [5, 5.41) is 1.60. The molecule has 0 rings (SSSR count). The number of hydrogen-bond acceptors (Lipinski definition) is 3. The smallest absolute Gasteiger partial charge is 0.346 e. The van der Waals surface area contributed by atoms with E-state index in [4.69, 9.17) is 11.6 Å². The third-order valence-electron chi connectivity index (χ3n) is 2.09. The van der Waals surface area contributed by atoms with Gasteiger partial charge in [0.15, 0.2) is 0 Å². The van der Waals surface area contributed by atoms with Crippen LogP contribution < -0.4 is 5.32 Å². The van der Waals surface area contributed by atoms with Crippen LogP contribution in [0, 0.1) is 5.92 Å². The second-order valence-electron chi connectivity index (χ2n) is 4.19. The lowest BCUT2D eigenvalue weighted by Gasteiger charge is -2.18. The molecule has 0 bridgehead atoms. The van der Waals surface area contributed by atoms with Crippen LogP contribution in [0.4, 0.5) is 13.2 Å². The van der Waals surface area contributed by atoms with E-state index >= 15 is 0 Å². The summed E-state index contributed by atoms with van der Waals surface area (Å²) >= 11 is 5.48. The van der Waals surface area contributed by atoms with Crippen molar-refractivity contribution in [2.45, 2.75) is 13.1 Å². The number of likely N-dealkylation sites (N-methyl/N-ethyl adjacent to an activating group) is 1. The number of rotatable bonds is 7. The van der Waals surface area contributed by atoms with E-state index in [2.05, 4.69) is 0 Å². The number of nitrogens with zero attached hydrogens (tertiary/aromatic N) is 1. The average Bonchev–Trinajstić information content (AvgIpc) is 2.24. The molecule has 10 heteroatoms. The molecule has 0 saturated heterocycles. The van der Waals surface area contributed by atoms with Crippen molar-refractivity contribution in [3.63, 3.8) is 0 Å². The maximum Gasteiger partial charge on any atom is 0.405 e. The summed E-state index contributed by atoms with van der Waals surface area (Å²) < 4.78 is 59.6. The number of amides is 1. The Morgan fingerprint density at radius 2 is 1.95 bits per heavy atom. The Labute approximate surface area is 115 Å². The minimum Gasteiger partial charge on any atom is -0.346 e. The zero-order valence-electron chi connectivity index (χ0n) is 10.5. The van der Waals surface area contributed by atoms with Crippen molar-refractivity contribution in [1.82, 2.24) is 9.62 Å². The van der Waals surface area contributed by atoms with Crippen LogP contribution in [0.3, 0.4) is 0 Å². The largest absolute Gasteiger partial charge is 0.405 e. The highest BCUT2D eigenvalue weighted by molar-refractivity contribution is 7.89. The predicted octanol–water partition coefficient (Wildman–Crippen LogP) is 0.801. The molecule has 0 fully saturated rings. The number of sulfonamides is 1. The van der Waals surface area contributed by atoms with Crippen LogP contribution in [0.2, 0.25) is 0 Å². The molecule has 1 unspecified atom stereocenters. The standard InChI is InChI=1S/C9H16ClF3N2O3S/c1-7(3-10)5-19(17,18)15(2)4-8(16)14-6-9(11,12)13/h7H,3-6H2,1-2H3,(H,14,16). The molecule has 0 aromatic heterocycles. The van der Waals surface area contributed by atoms with Gasteiger partial charge in [-0.05, 0) is 5.92 Å². The van der Waals surface area contributed by atoms with Crippen molar-refractivity contribution in [2.24, 2.45) is 5.92 Å². The molecule has 114 valence electrons. The zero-order chi connectivity index (χ0) is 15.3. The molecule has 0 saturated carbocycles. The summed E-state index contributed by atoms with van der Waals surface area (Å²) in [4.78, 5) is 11.2. The molecule has 0 radical (unpaired) electrons. The number of carbonyl (C=O) groups is 1. The van der Waals surface area contributed by atoms with Gasteiger partial charge in [0.1, 0.15) is 6.54 Å². The fraction of sp³-hybridized carbons (Fsp3) is 0.889. The van der Waals surface area contributed by atoms with Gasteiger partial charge in [0, 0.05) is 12.9 Å². The van der Waals surface area contributed by atoms with Gasteiger partial charge >= 0.3 is 6.18 Å². The molecular weight excluding hydrogens is 309 g/mol. The molecule has 1 atom stereocenters. The Bertz CT molecular complexity index is 400. The van der Waals surface area contributed by atoms with Gasteiger partial charge < -0.3 is 5.32 Å². The minimum atomic E-state index is -4.53. The second kappa shape index (κ2) is 7.30. The van der Waals surface area contributed by atoms with Crippen molar-refractivity contribution >= 4 is 27.5 Å². The van der Waals surface area contributed by atoms with Crippen LogP contribution in [-0.4, -0.2) is 56.6 Å². The maximum absolute atomic E-state index is 11.8. The molecule has 0 aliphatic carbocycles. The van der Waals surface area contributed by atoms with Gasteiger partial charge in [0.05, 0.1) is 12.3 Å². The SMILES string of the molecule is CC(CCl)CS(=O)(=O)N(C)CC(=O)NCC(F)(F)F. The van der Waals surface area contributed by atoms with Gasteiger partial charge in [-0.25, -0.2) is 8.42 Å². The lowest BCUT2D eigenvalue weighted by atomic mass is 10.3. The minimum absolute atomic E-state index is 0.132. The summed E-state index contributed by atoms with van der Waals surface area (Å²) in [5.41, 5.74) is 0.